The quantitative estimate of drug-likeness (QED) is 0.797. The van der Waals surface area contributed by atoms with Crippen molar-refractivity contribution >= 4 is 16.9 Å². The molecule has 0 spiro atoms. The Kier molecular flexibility index (Phi) is 4.46. The molecule has 0 aliphatic heterocycles. The maximum atomic E-state index is 13.2. The number of hydrogen-bond acceptors (Lipinski definition) is 3. The maximum absolute atomic E-state index is 13.2. The van der Waals surface area contributed by atoms with Crippen molar-refractivity contribution in [1.82, 2.24) is 19.4 Å². The average Bonchev–Trinajstić information content (AvgIpc) is 3.17. The second kappa shape index (κ2) is 6.87. The molecule has 3 aliphatic carbocycles. The second-order valence-corrected chi connectivity index (χ2v) is 9.56. The molecular formula is C23H32N4O. The Balaban J connectivity index is 1.29. The highest BCUT2D eigenvalue weighted by molar-refractivity contribution is 5.81. The smallest absolute Gasteiger partial charge is 0.242 e. The zero-order valence-corrected chi connectivity index (χ0v) is 17.3. The van der Waals surface area contributed by atoms with E-state index in [4.69, 9.17) is 4.98 Å². The van der Waals surface area contributed by atoms with Crippen LogP contribution in [0.5, 0.6) is 0 Å². The third kappa shape index (κ3) is 3.14. The number of rotatable bonds is 5. The fourth-order valence-corrected chi connectivity index (χ4v) is 5.65. The molecule has 5 rings (SSSR count). The lowest BCUT2D eigenvalue weighted by Crippen LogP contribution is -2.38. The number of imidazole rings is 1. The standard InChI is InChI=1S/C23H32N4O/c1-25(2)18-10-16-12-19(13-17(16)11-18)26(3)22(28)14-27-21-7-5-4-6-20(21)24-23(27)15-8-9-15/h4-7,15-19H,8-14H2,1-3H3/t16-,17+,18?,19?. The molecule has 1 amide bonds. The molecule has 0 N–H and O–H groups in total. The minimum atomic E-state index is 0.235. The normalized spacial score (nSPS) is 29.6. The van der Waals surface area contributed by atoms with Gasteiger partial charge in [-0.05, 0) is 76.6 Å². The summed E-state index contributed by atoms with van der Waals surface area (Å²) in [4.78, 5) is 22.5. The van der Waals surface area contributed by atoms with Gasteiger partial charge < -0.3 is 14.4 Å². The Morgan fingerprint density at radius 3 is 2.32 bits per heavy atom. The molecule has 1 aromatic heterocycles. The van der Waals surface area contributed by atoms with Gasteiger partial charge in [-0.2, -0.15) is 0 Å². The summed E-state index contributed by atoms with van der Waals surface area (Å²) in [5, 5.41) is 0. The van der Waals surface area contributed by atoms with Crippen molar-refractivity contribution < 1.29 is 4.79 Å². The van der Waals surface area contributed by atoms with Crippen LogP contribution in [0.2, 0.25) is 0 Å². The second-order valence-electron chi connectivity index (χ2n) is 9.56. The van der Waals surface area contributed by atoms with E-state index in [1.54, 1.807) is 0 Å². The summed E-state index contributed by atoms with van der Waals surface area (Å²) in [6, 6.07) is 9.38. The Bertz CT molecular complexity index is 870. The first-order valence-electron chi connectivity index (χ1n) is 10.9. The summed E-state index contributed by atoms with van der Waals surface area (Å²) in [5.74, 6) is 3.48. The zero-order valence-electron chi connectivity index (χ0n) is 17.3. The molecule has 150 valence electrons. The van der Waals surface area contributed by atoms with Gasteiger partial charge in [0.1, 0.15) is 12.4 Å². The first-order valence-corrected chi connectivity index (χ1v) is 10.9. The molecule has 4 atom stereocenters. The topological polar surface area (TPSA) is 41.4 Å². The molecule has 0 radical (unpaired) electrons. The third-order valence-corrected chi connectivity index (χ3v) is 7.56. The number of carbonyl (C=O) groups excluding carboxylic acids is 1. The monoisotopic (exact) mass is 380 g/mol. The van der Waals surface area contributed by atoms with Crippen LogP contribution in [-0.4, -0.2) is 58.5 Å². The first-order chi connectivity index (χ1) is 13.5. The molecule has 3 fully saturated rings. The fraction of sp³-hybridized carbons (Fsp3) is 0.652. The van der Waals surface area contributed by atoms with Crippen molar-refractivity contribution in [1.29, 1.82) is 0 Å². The SMILES string of the molecule is CN(C)C1C[C@@H]2CC(N(C)C(=O)Cn3c(C4CC4)nc4ccccc43)C[C@@H]2C1. The molecular weight excluding hydrogens is 348 g/mol. The average molecular weight is 381 g/mol. The van der Waals surface area contributed by atoms with Crippen molar-refractivity contribution in [3.63, 3.8) is 0 Å². The number of fused-ring (bicyclic) bond motifs is 2. The van der Waals surface area contributed by atoms with E-state index in [1.165, 1.54) is 38.5 Å². The number of carbonyl (C=O) groups is 1. The Morgan fingerprint density at radius 2 is 1.68 bits per heavy atom. The predicted molar refractivity (Wildman–Crippen MR) is 111 cm³/mol. The molecule has 5 nitrogen and oxygen atoms in total. The molecule has 1 aromatic carbocycles. The number of hydrogen-bond donors (Lipinski definition) is 0. The van der Waals surface area contributed by atoms with Gasteiger partial charge in [0.2, 0.25) is 5.91 Å². The molecule has 3 saturated carbocycles. The van der Waals surface area contributed by atoms with Crippen molar-refractivity contribution in [2.45, 2.75) is 63.1 Å². The van der Waals surface area contributed by atoms with Crippen LogP contribution in [0.25, 0.3) is 11.0 Å². The summed E-state index contributed by atoms with van der Waals surface area (Å²) in [7, 11) is 6.42. The Hall–Kier alpha value is -1.88. The van der Waals surface area contributed by atoms with Crippen LogP contribution in [0.15, 0.2) is 24.3 Å². The van der Waals surface area contributed by atoms with E-state index in [-0.39, 0.29) is 5.91 Å². The van der Waals surface area contributed by atoms with Crippen LogP contribution < -0.4 is 0 Å². The van der Waals surface area contributed by atoms with Crippen LogP contribution in [-0.2, 0) is 11.3 Å². The van der Waals surface area contributed by atoms with E-state index in [0.717, 1.165) is 34.7 Å². The highest BCUT2D eigenvalue weighted by Gasteiger charge is 2.44. The van der Waals surface area contributed by atoms with E-state index in [2.05, 4.69) is 40.6 Å². The number of likely N-dealkylation sites (N-methyl/N-ethyl adjacent to an activating group) is 1. The lowest BCUT2D eigenvalue weighted by molar-refractivity contribution is -0.132. The summed E-state index contributed by atoms with van der Waals surface area (Å²) in [6.45, 7) is 0.426. The van der Waals surface area contributed by atoms with E-state index in [9.17, 15) is 4.79 Å². The Morgan fingerprint density at radius 1 is 1.04 bits per heavy atom. The number of benzene rings is 1. The van der Waals surface area contributed by atoms with Gasteiger partial charge in [-0.15, -0.1) is 0 Å². The molecule has 28 heavy (non-hydrogen) atoms. The van der Waals surface area contributed by atoms with Crippen molar-refractivity contribution in [2.75, 3.05) is 21.1 Å². The molecule has 1 heterocycles. The third-order valence-electron chi connectivity index (χ3n) is 7.56. The number of nitrogens with zero attached hydrogens (tertiary/aromatic N) is 4. The van der Waals surface area contributed by atoms with Crippen LogP contribution >= 0.6 is 0 Å². The van der Waals surface area contributed by atoms with E-state index >= 15 is 0 Å². The Labute approximate surface area is 167 Å². The van der Waals surface area contributed by atoms with Crippen molar-refractivity contribution in [3.05, 3.63) is 30.1 Å². The molecule has 5 heteroatoms. The first kappa shape index (κ1) is 18.2. The molecule has 2 aromatic rings. The van der Waals surface area contributed by atoms with Crippen LogP contribution in [0.3, 0.4) is 0 Å². The largest absolute Gasteiger partial charge is 0.341 e. The number of amides is 1. The summed E-state index contributed by atoms with van der Waals surface area (Å²) in [5.41, 5.74) is 2.12. The van der Waals surface area contributed by atoms with E-state index in [1.807, 2.05) is 19.2 Å². The summed E-state index contributed by atoms with van der Waals surface area (Å²) >= 11 is 0. The lowest BCUT2D eigenvalue weighted by Gasteiger charge is -2.27. The van der Waals surface area contributed by atoms with E-state index in [0.29, 0.717) is 18.5 Å². The van der Waals surface area contributed by atoms with Gasteiger partial charge in [-0.3, -0.25) is 4.79 Å². The number of aromatic nitrogens is 2. The number of para-hydroxylation sites is 2. The van der Waals surface area contributed by atoms with Crippen LogP contribution in [0.4, 0.5) is 0 Å². The van der Waals surface area contributed by atoms with Crippen molar-refractivity contribution in [3.8, 4) is 0 Å². The van der Waals surface area contributed by atoms with Crippen LogP contribution in [0.1, 0.15) is 50.3 Å². The lowest BCUT2D eigenvalue weighted by atomic mass is 10.0. The minimum Gasteiger partial charge on any atom is -0.341 e. The van der Waals surface area contributed by atoms with Gasteiger partial charge in [0.25, 0.3) is 0 Å². The maximum Gasteiger partial charge on any atom is 0.242 e. The summed E-state index contributed by atoms with van der Waals surface area (Å²) < 4.78 is 2.18. The molecule has 3 aliphatic rings. The van der Waals surface area contributed by atoms with Gasteiger partial charge in [0.15, 0.2) is 0 Å². The van der Waals surface area contributed by atoms with Gasteiger partial charge >= 0.3 is 0 Å². The van der Waals surface area contributed by atoms with Gasteiger partial charge in [-0.25, -0.2) is 4.98 Å². The van der Waals surface area contributed by atoms with Gasteiger partial charge in [0.05, 0.1) is 11.0 Å². The summed E-state index contributed by atoms with van der Waals surface area (Å²) in [6.07, 6.45) is 7.36. The predicted octanol–water partition coefficient (Wildman–Crippen LogP) is 3.49. The molecule has 0 saturated heterocycles. The highest BCUT2D eigenvalue weighted by atomic mass is 16.2. The fourth-order valence-electron chi connectivity index (χ4n) is 5.65. The van der Waals surface area contributed by atoms with Gasteiger partial charge in [0, 0.05) is 25.0 Å². The molecule has 2 unspecified atom stereocenters. The van der Waals surface area contributed by atoms with Crippen molar-refractivity contribution in [2.24, 2.45) is 11.8 Å². The highest BCUT2D eigenvalue weighted by Crippen LogP contribution is 2.46. The van der Waals surface area contributed by atoms with E-state index < -0.39 is 0 Å². The van der Waals surface area contributed by atoms with Gasteiger partial charge in [-0.1, -0.05) is 12.1 Å². The minimum absolute atomic E-state index is 0.235. The zero-order chi connectivity index (χ0) is 19.4. The molecule has 0 bridgehead atoms. The van der Waals surface area contributed by atoms with Crippen LogP contribution in [0, 0.1) is 11.8 Å².